The van der Waals surface area contributed by atoms with E-state index < -0.39 is 15.7 Å². The van der Waals surface area contributed by atoms with Crippen LogP contribution in [0.2, 0.25) is 0 Å². The van der Waals surface area contributed by atoms with Crippen molar-refractivity contribution in [3.8, 4) is 0 Å². The van der Waals surface area contributed by atoms with Gasteiger partial charge in [0.2, 0.25) is 0 Å². The molecule has 1 aliphatic heterocycles. The van der Waals surface area contributed by atoms with E-state index in [0.29, 0.717) is 18.5 Å². The second-order valence-electron chi connectivity index (χ2n) is 4.49. The molecule has 0 aromatic heterocycles. The van der Waals surface area contributed by atoms with Crippen LogP contribution in [0.1, 0.15) is 19.8 Å². The van der Waals surface area contributed by atoms with Gasteiger partial charge in [-0.2, -0.15) is 0 Å². The van der Waals surface area contributed by atoms with Crippen molar-refractivity contribution in [2.24, 2.45) is 0 Å². The minimum Gasteiger partial charge on any atom is -0.495 e. The molecule has 5 nitrogen and oxygen atoms in total. The third-order valence-electron chi connectivity index (χ3n) is 2.91. The van der Waals surface area contributed by atoms with E-state index in [9.17, 15) is 13.2 Å². The van der Waals surface area contributed by atoms with Crippen LogP contribution in [-0.4, -0.2) is 26.7 Å². The molecular formula is C14H17NO4S. The molecule has 0 atom stereocenters. The number of amides is 1. The first-order chi connectivity index (χ1) is 9.54. The first-order valence-electron chi connectivity index (χ1n) is 6.49. The first-order valence-corrected chi connectivity index (χ1v) is 8.15. The number of ether oxygens (including phenoxy) is 1. The second kappa shape index (κ2) is 6.09. The summed E-state index contributed by atoms with van der Waals surface area (Å²) in [4.78, 5) is 12.0. The van der Waals surface area contributed by atoms with Crippen molar-refractivity contribution in [2.45, 2.75) is 19.8 Å². The highest BCUT2D eigenvalue weighted by molar-refractivity contribution is 7.96. The van der Waals surface area contributed by atoms with Crippen molar-refractivity contribution < 1.29 is 17.9 Å². The SMILES string of the molecule is CCCC1=C(C(=O)Nc2ccccc2)S(=O)(=O)CCO1. The highest BCUT2D eigenvalue weighted by Gasteiger charge is 2.33. The van der Waals surface area contributed by atoms with Gasteiger partial charge in [0.25, 0.3) is 5.91 Å². The topological polar surface area (TPSA) is 72.5 Å². The molecule has 0 radical (unpaired) electrons. The zero-order valence-electron chi connectivity index (χ0n) is 11.3. The van der Waals surface area contributed by atoms with E-state index in [1.807, 2.05) is 13.0 Å². The minimum atomic E-state index is -3.57. The summed E-state index contributed by atoms with van der Waals surface area (Å²) in [5.74, 6) is -0.510. The average molecular weight is 295 g/mol. The number of anilines is 1. The van der Waals surface area contributed by atoms with Crippen LogP contribution in [0.5, 0.6) is 0 Å². The first kappa shape index (κ1) is 14.6. The van der Waals surface area contributed by atoms with Crippen molar-refractivity contribution in [1.82, 2.24) is 0 Å². The molecule has 1 N–H and O–H groups in total. The van der Waals surface area contributed by atoms with Crippen LogP contribution < -0.4 is 5.32 Å². The predicted octanol–water partition coefficient (Wildman–Crippen LogP) is 2.08. The Morgan fingerprint density at radius 2 is 2.00 bits per heavy atom. The third kappa shape index (κ3) is 3.19. The molecule has 0 saturated heterocycles. The molecular weight excluding hydrogens is 278 g/mol. The van der Waals surface area contributed by atoms with Crippen molar-refractivity contribution in [1.29, 1.82) is 0 Å². The van der Waals surface area contributed by atoms with Crippen molar-refractivity contribution in [2.75, 3.05) is 17.7 Å². The number of rotatable bonds is 4. The highest BCUT2D eigenvalue weighted by atomic mass is 32.2. The summed E-state index contributed by atoms with van der Waals surface area (Å²) in [5, 5.41) is 2.60. The van der Waals surface area contributed by atoms with Crippen LogP contribution in [-0.2, 0) is 19.4 Å². The lowest BCUT2D eigenvalue weighted by atomic mass is 10.2. The van der Waals surface area contributed by atoms with E-state index in [-0.39, 0.29) is 23.0 Å². The molecule has 0 bridgehead atoms. The van der Waals surface area contributed by atoms with E-state index in [0.717, 1.165) is 0 Å². The van der Waals surface area contributed by atoms with Crippen LogP contribution >= 0.6 is 0 Å². The van der Waals surface area contributed by atoms with E-state index in [2.05, 4.69) is 5.32 Å². The van der Waals surface area contributed by atoms with Crippen molar-refractivity contribution in [3.05, 3.63) is 41.0 Å². The Balaban J connectivity index is 2.32. The Kier molecular flexibility index (Phi) is 4.44. The van der Waals surface area contributed by atoms with E-state index in [1.165, 1.54) is 0 Å². The molecule has 0 fully saturated rings. The molecule has 0 saturated carbocycles. The fourth-order valence-corrected chi connectivity index (χ4v) is 3.35. The van der Waals surface area contributed by atoms with E-state index in [4.69, 9.17) is 4.74 Å². The van der Waals surface area contributed by atoms with Crippen LogP contribution in [0.4, 0.5) is 5.69 Å². The summed E-state index contributed by atoms with van der Waals surface area (Å²) in [6.45, 7) is 2.02. The normalized spacial score (nSPS) is 17.4. The van der Waals surface area contributed by atoms with Crippen LogP contribution in [0.3, 0.4) is 0 Å². The lowest BCUT2D eigenvalue weighted by molar-refractivity contribution is -0.112. The summed E-state index contributed by atoms with van der Waals surface area (Å²) in [6.07, 6.45) is 1.16. The molecule has 1 amide bonds. The van der Waals surface area contributed by atoms with Gasteiger partial charge in [-0.3, -0.25) is 4.79 Å². The molecule has 1 aromatic rings. The Labute approximate surface area is 118 Å². The van der Waals surface area contributed by atoms with Crippen molar-refractivity contribution in [3.63, 3.8) is 0 Å². The molecule has 0 unspecified atom stereocenters. The number of nitrogens with one attached hydrogen (secondary N) is 1. The summed E-state index contributed by atoms with van der Waals surface area (Å²) < 4.78 is 29.6. The molecule has 0 spiro atoms. The quantitative estimate of drug-likeness (QED) is 0.923. The molecule has 1 aliphatic rings. The Morgan fingerprint density at radius 3 is 2.65 bits per heavy atom. The maximum Gasteiger partial charge on any atom is 0.270 e. The summed E-state index contributed by atoms with van der Waals surface area (Å²) in [7, 11) is -3.57. The number of sulfone groups is 1. The molecule has 1 aromatic carbocycles. The number of benzene rings is 1. The van der Waals surface area contributed by atoms with Gasteiger partial charge in [-0.25, -0.2) is 8.42 Å². The smallest absolute Gasteiger partial charge is 0.270 e. The number of carbonyl (C=O) groups excluding carboxylic acids is 1. The molecule has 108 valence electrons. The fourth-order valence-electron chi connectivity index (χ4n) is 2.01. The number of hydrogen-bond acceptors (Lipinski definition) is 4. The van der Waals surface area contributed by atoms with Gasteiger partial charge in [-0.15, -0.1) is 0 Å². The van der Waals surface area contributed by atoms with Gasteiger partial charge < -0.3 is 10.1 Å². The lowest BCUT2D eigenvalue weighted by Gasteiger charge is -2.20. The van der Waals surface area contributed by atoms with Crippen LogP contribution in [0, 0.1) is 0 Å². The highest BCUT2D eigenvalue weighted by Crippen LogP contribution is 2.25. The van der Waals surface area contributed by atoms with E-state index >= 15 is 0 Å². The molecule has 1 heterocycles. The number of allylic oxidation sites excluding steroid dienone is 1. The second-order valence-corrected chi connectivity index (χ2v) is 6.54. The fraction of sp³-hybridized carbons (Fsp3) is 0.357. The van der Waals surface area contributed by atoms with Crippen LogP contribution in [0.15, 0.2) is 41.0 Å². The Bertz CT molecular complexity index is 620. The summed E-state index contributed by atoms with van der Waals surface area (Å²) in [6, 6.07) is 8.76. The standard InChI is InChI=1S/C14H17NO4S/c1-2-6-12-13(20(17,18)10-9-19-12)14(16)15-11-7-4-3-5-8-11/h3-5,7-8H,2,6,9-10H2,1H3,(H,15,16). The molecule has 20 heavy (non-hydrogen) atoms. The summed E-state index contributed by atoms with van der Waals surface area (Å²) in [5.41, 5.74) is 0.557. The zero-order chi connectivity index (χ0) is 14.6. The average Bonchev–Trinajstić information content (AvgIpc) is 2.39. The number of carbonyl (C=O) groups is 1. The third-order valence-corrected chi connectivity index (χ3v) is 4.65. The van der Waals surface area contributed by atoms with Gasteiger partial charge in [0.05, 0.1) is 5.75 Å². The Morgan fingerprint density at radius 1 is 1.30 bits per heavy atom. The monoisotopic (exact) mass is 295 g/mol. The van der Waals surface area contributed by atoms with Gasteiger partial charge in [0, 0.05) is 12.1 Å². The molecule has 6 heteroatoms. The predicted molar refractivity (Wildman–Crippen MR) is 76.7 cm³/mol. The Hall–Kier alpha value is -1.82. The van der Waals surface area contributed by atoms with Gasteiger partial charge in [0.15, 0.2) is 14.7 Å². The van der Waals surface area contributed by atoms with Gasteiger partial charge in [0.1, 0.15) is 12.4 Å². The zero-order valence-corrected chi connectivity index (χ0v) is 12.1. The van der Waals surface area contributed by atoms with E-state index in [1.54, 1.807) is 24.3 Å². The minimum absolute atomic E-state index is 0.111. The maximum atomic E-state index is 12.2. The van der Waals surface area contributed by atoms with Crippen LogP contribution in [0.25, 0.3) is 0 Å². The number of hydrogen-bond donors (Lipinski definition) is 1. The van der Waals surface area contributed by atoms with Gasteiger partial charge in [-0.1, -0.05) is 25.1 Å². The molecule has 2 rings (SSSR count). The lowest BCUT2D eigenvalue weighted by Crippen LogP contribution is -2.30. The molecule has 0 aliphatic carbocycles. The van der Waals surface area contributed by atoms with Gasteiger partial charge in [-0.05, 0) is 18.6 Å². The maximum absolute atomic E-state index is 12.2. The number of para-hydroxylation sites is 1. The largest absolute Gasteiger partial charge is 0.495 e. The van der Waals surface area contributed by atoms with Gasteiger partial charge >= 0.3 is 0 Å². The summed E-state index contributed by atoms with van der Waals surface area (Å²) >= 11 is 0. The van der Waals surface area contributed by atoms with Crippen molar-refractivity contribution >= 4 is 21.4 Å².